The van der Waals surface area contributed by atoms with E-state index in [4.69, 9.17) is 11.1 Å². The second kappa shape index (κ2) is 1.89. The van der Waals surface area contributed by atoms with Crippen molar-refractivity contribution in [2.75, 3.05) is 0 Å². The number of amidine groups is 1. The Balaban J connectivity index is 3.08. The maximum absolute atomic E-state index is 7.01. The molecule has 0 fully saturated rings. The van der Waals surface area contributed by atoms with Crippen molar-refractivity contribution < 1.29 is 0 Å². The van der Waals surface area contributed by atoms with E-state index in [0.717, 1.165) is 5.69 Å². The molecule has 0 aliphatic heterocycles. The summed E-state index contributed by atoms with van der Waals surface area (Å²) in [5, 5.41) is 13.4. The largest absolute Gasteiger partial charge is 0.384 e. The number of rotatable bonds is 1. The van der Waals surface area contributed by atoms with Crippen LogP contribution in [0, 0.1) is 12.3 Å². The van der Waals surface area contributed by atoms with Gasteiger partial charge in [-0.15, -0.1) is 0 Å². The molecule has 0 bridgehead atoms. The van der Waals surface area contributed by atoms with Gasteiger partial charge in [0.15, 0.2) is 0 Å². The van der Waals surface area contributed by atoms with Crippen LogP contribution in [-0.4, -0.2) is 16.0 Å². The first-order valence-electron chi connectivity index (χ1n) is 2.56. The highest BCUT2D eigenvalue weighted by Gasteiger charge is 2.00. The molecule has 0 aliphatic rings. The minimum Gasteiger partial charge on any atom is -0.384 e. The van der Waals surface area contributed by atoms with Crippen molar-refractivity contribution in [1.29, 1.82) is 5.41 Å². The van der Waals surface area contributed by atoms with Crippen LogP contribution in [0.5, 0.6) is 0 Å². The quantitative estimate of drug-likeness (QED) is 0.364. The molecule has 0 unspecified atom stereocenters. The number of nitrogens with two attached hydrogens (primary N) is 1. The third kappa shape index (κ3) is 0.910. The number of aryl methyl sites for hydroxylation is 1. The van der Waals surface area contributed by atoms with Gasteiger partial charge in [-0.05, 0) is 6.92 Å². The highest BCUT2D eigenvalue weighted by Crippen LogP contribution is 1.98. The zero-order valence-corrected chi connectivity index (χ0v) is 5.10. The minimum atomic E-state index is 0.0567. The first kappa shape index (κ1) is 5.81. The van der Waals surface area contributed by atoms with Crippen LogP contribution in [0.3, 0.4) is 0 Å². The third-order valence-corrected chi connectivity index (χ3v) is 1.12. The van der Waals surface area contributed by atoms with Crippen molar-refractivity contribution in [3.05, 3.63) is 17.5 Å². The van der Waals surface area contributed by atoms with Crippen LogP contribution in [0.2, 0.25) is 0 Å². The number of aromatic amines is 1. The van der Waals surface area contributed by atoms with E-state index in [1.165, 1.54) is 0 Å². The lowest BCUT2D eigenvalue weighted by atomic mass is 10.2. The van der Waals surface area contributed by atoms with Crippen molar-refractivity contribution in [1.82, 2.24) is 10.2 Å². The molecule has 0 atom stereocenters. The second-order valence-electron chi connectivity index (χ2n) is 1.80. The van der Waals surface area contributed by atoms with Crippen molar-refractivity contribution in [3.8, 4) is 0 Å². The van der Waals surface area contributed by atoms with Crippen LogP contribution in [0.15, 0.2) is 6.20 Å². The number of nitrogens with one attached hydrogen (secondary N) is 2. The fraction of sp³-hybridized carbons (Fsp3) is 0.200. The lowest BCUT2D eigenvalue weighted by Gasteiger charge is -1.89. The van der Waals surface area contributed by atoms with Gasteiger partial charge in [0.2, 0.25) is 0 Å². The summed E-state index contributed by atoms with van der Waals surface area (Å²) >= 11 is 0. The van der Waals surface area contributed by atoms with E-state index >= 15 is 0 Å². The molecule has 0 aromatic carbocycles. The average molecular weight is 124 g/mol. The summed E-state index contributed by atoms with van der Waals surface area (Å²) in [4.78, 5) is 0. The molecule has 1 aromatic rings. The Morgan fingerprint density at radius 2 is 2.56 bits per heavy atom. The number of nitrogen functional groups attached to an aromatic ring is 1. The molecule has 4 heteroatoms. The zero-order chi connectivity index (χ0) is 6.85. The molecular weight excluding hydrogens is 116 g/mol. The summed E-state index contributed by atoms with van der Waals surface area (Å²) in [5.74, 6) is 0.0567. The van der Waals surface area contributed by atoms with Crippen molar-refractivity contribution in [2.24, 2.45) is 5.73 Å². The predicted molar refractivity (Wildman–Crippen MR) is 34.3 cm³/mol. The Kier molecular flexibility index (Phi) is 1.22. The van der Waals surface area contributed by atoms with Gasteiger partial charge in [-0.1, -0.05) is 0 Å². The van der Waals surface area contributed by atoms with E-state index in [0.29, 0.717) is 5.56 Å². The van der Waals surface area contributed by atoms with Gasteiger partial charge in [0.1, 0.15) is 5.84 Å². The molecule has 0 aliphatic carbocycles. The Morgan fingerprint density at radius 1 is 1.89 bits per heavy atom. The lowest BCUT2D eigenvalue weighted by molar-refractivity contribution is 1.05. The monoisotopic (exact) mass is 124 g/mol. The van der Waals surface area contributed by atoms with Crippen molar-refractivity contribution in [2.45, 2.75) is 6.92 Å². The molecule has 0 spiro atoms. The number of hydrogen-bond donors (Lipinski definition) is 3. The molecule has 0 amide bonds. The molecule has 0 saturated carbocycles. The number of aromatic nitrogens is 2. The number of nitrogens with zero attached hydrogens (tertiary/aromatic N) is 1. The van der Waals surface area contributed by atoms with Crippen LogP contribution >= 0.6 is 0 Å². The van der Waals surface area contributed by atoms with Crippen molar-refractivity contribution >= 4 is 5.84 Å². The molecule has 4 nitrogen and oxygen atoms in total. The third-order valence-electron chi connectivity index (χ3n) is 1.12. The summed E-state index contributed by atoms with van der Waals surface area (Å²) in [6, 6.07) is 0. The lowest BCUT2D eigenvalue weighted by Crippen LogP contribution is -2.11. The normalized spacial score (nSPS) is 9.44. The standard InChI is InChI=1S/C5H8N4/c1-3-4(5(6)7)2-8-9-3/h2H,1H3,(H3,6,7)(H,8,9). The van der Waals surface area contributed by atoms with Crippen LogP contribution in [-0.2, 0) is 0 Å². The van der Waals surface area contributed by atoms with Crippen LogP contribution in [0.1, 0.15) is 11.3 Å². The van der Waals surface area contributed by atoms with E-state index < -0.39 is 0 Å². The zero-order valence-electron chi connectivity index (χ0n) is 5.10. The van der Waals surface area contributed by atoms with Gasteiger partial charge in [0.25, 0.3) is 0 Å². The maximum Gasteiger partial charge on any atom is 0.126 e. The molecular formula is C5H8N4. The second-order valence-corrected chi connectivity index (χ2v) is 1.80. The van der Waals surface area contributed by atoms with Gasteiger partial charge in [0, 0.05) is 6.20 Å². The Hall–Kier alpha value is -1.32. The van der Waals surface area contributed by atoms with Gasteiger partial charge in [-0.2, -0.15) is 5.10 Å². The summed E-state index contributed by atoms with van der Waals surface area (Å²) in [7, 11) is 0. The highest BCUT2D eigenvalue weighted by molar-refractivity contribution is 5.95. The molecule has 1 heterocycles. The molecule has 9 heavy (non-hydrogen) atoms. The molecule has 0 radical (unpaired) electrons. The summed E-state index contributed by atoms with van der Waals surface area (Å²) in [5.41, 5.74) is 6.62. The predicted octanol–water partition coefficient (Wildman–Crippen LogP) is 0.00219. The molecule has 1 aromatic heterocycles. The topological polar surface area (TPSA) is 78.5 Å². The average Bonchev–Trinajstić information content (AvgIpc) is 2.13. The fourth-order valence-electron chi connectivity index (χ4n) is 0.631. The Morgan fingerprint density at radius 3 is 2.78 bits per heavy atom. The first-order valence-corrected chi connectivity index (χ1v) is 2.56. The van der Waals surface area contributed by atoms with E-state index in [-0.39, 0.29) is 5.84 Å². The van der Waals surface area contributed by atoms with Gasteiger partial charge in [-0.25, -0.2) is 0 Å². The van der Waals surface area contributed by atoms with Gasteiger partial charge >= 0.3 is 0 Å². The number of hydrogen-bond acceptors (Lipinski definition) is 2. The molecule has 0 saturated heterocycles. The van der Waals surface area contributed by atoms with Crippen LogP contribution in [0.25, 0.3) is 0 Å². The number of H-pyrrole nitrogens is 1. The van der Waals surface area contributed by atoms with Gasteiger partial charge in [0.05, 0.1) is 11.3 Å². The smallest absolute Gasteiger partial charge is 0.126 e. The summed E-state index contributed by atoms with van der Waals surface area (Å²) < 4.78 is 0. The fourth-order valence-corrected chi connectivity index (χ4v) is 0.631. The summed E-state index contributed by atoms with van der Waals surface area (Å²) in [6.07, 6.45) is 1.61. The Labute approximate surface area is 52.6 Å². The molecule has 4 N–H and O–H groups in total. The van der Waals surface area contributed by atoms with E-state index in [1.807, 2.05) is 0 Å². The van der Waals surface area contributed by atoms with Crippen LogP contribution < -0.4 is 5.73 Å². The SMILES string of the molecule is Cc1n[nH]cc1C(=N)N. The minimum absolute atomic E-state index is 0.0567. The first-order chi connectivity index (χ1) is 4.22. The van der Waals surface area contributed by atoms with E-state index in [1.54, 1.807) is 13.1 Å². The van der Waals surface area contributed by atoms with E-state index in [9.17, 15) is 0 Å². The van der Waals surface area contributed by atoms with Gasteiger partial charge in [-0.3, -0.25) is 10.5 Å². The van der Waals surface area contributed by atoms with Gasteiger partial charge < -0.3 is 5.73 Å². The molecule has 1 rings (SSSR count). The molecule has 48 valence electrons. The van der Waals surface area contributed by atoms with Crippen molar-refractivity contribution in [3.63, 3.8) is 0 Å². The van der Waals surface area contributed by atoms with E-state index in [2.05, 4.69) is 10.2 Å². The highest BCUT2D eigenvalue weighted by atomic mass is 15.1. The Bertz CT molecular complexity index is 225. The maximum atomic E-state index is 7.01. The van der Waals surface area contributed by atoms with Crippen LogP contribution in [0.4, 0.5) is 0 Å². The summed E-state index contributed by atoms with van der Waals surface area (Å²) in [6.45, 7) is 1.80.